The van der Waals surface area contributed by atoms with Gasteiger partial charge < -0.3 is 10.4 Å². The van der Waals surface area contributed by atoms with E-state index in [9.17, 15) is 9.59 Å². The van der Waals surface area contributed by atoms with Crippen molar-refractivity contribution >= 4 is 29.3 Å². The van der Waals surface area contributed by atoms with Crippen molar-refractivity contribution in [3.8, 4) is 0 Å². The van der Waals surface area contributed by atoms with Gasteiger partial charge in [-0.15, -0.1) is 11.8 Å². The molecule has 0 unspecified atom stereocenters. The molecule has 0 aromatic heterocycles. The molecule has 0 saturated heterocycles. The predicted molar refractivity (Wildman–Crippen MR) is 72.9 cm³/mol. The van der Waals surface area contributed by atoms with Crippen molar-refractivity contribution in [3.05, 3.63) is 24.3 Å². The highest BCUT2D eigenvalue weighted by Gasteiger charge is 2.26. The largest absolute Gasteiger partial charge is 0.481 e. The summed E-state index contributed by atoms with van der Waals surface area (Å²) in [6.07, 6.45) is 0. The van der Waals surface area contributed by atoms with Crippen LogP contribution in [0.4, 0.5) is 5.69 Å². The second kappa shape index (κ2) is 5.91. The molecule has 0 bridgehead atoms. The number of amides is 1. The summed E-state index contributed by atoms with van der Waals surface area (Å²) in [6, 6.07) is 7.34. The van der Waals surface area contributed by atoms with Crippen LogP contribution in [0.2, 0.25) is 0 Å². The molecule has 98 valence electrons. The Morgan fingerprint density at radius 1 is 1.28 bits per heavy atom. The molecule has 4 nitrogen and oxygen atoms in total. The van der Waals surface area contributed by atoms with E-state index in [0.717, 1.165) is 10.6 Å². The van der Waals surface area contributed by atoms with Gasteiger partial charge in [0.2, 0.25) is 5.91 Å². The molecule has 0 atom stereocenters. The van der Waals surface area contributed by atoms with E-state index in [1.54, 1.807) is 26.0 Å². The van der Waals surface area contributed by atoms with Gasteiger partial charge in [-0.3, -0.25) is 9.59 Å². The number of carbonyl (C=O) groups is 2. The Morgan fingerprint density at radius 2 is 1.83 bits per heavy atom. The highest BCUT2D eigenvalue weighted by Crippen LogP contribution is 2.28. The highest BCUT2D eigenvalue weighted by molar-refractivity contribution is 7.99. The lowest BCUT2D eigenvalue weighted by molar-refractivity contribution is -0.145. The van der Waals surface area contributed by atoms with Crippen LogP contribution in [0.1, 0.15) is 20.8 Å². The maximum Gasteiger partial charge on any atom is 0.309 e. The van der Waals surface area contributed by atoms with Gasteiger partial charge in [0.25, 0.3) is 0 Å². The van der Waals surface area contributed by atoms with Gasteiger partial charge >= 0.3 is 5.97 Å². The zero-order valence-corrected chi connectivity index (χ0v) is 11.5. The van der Waals surface area contributed by atoms with Gasteiger partial charge in [-0.25, -0.2) is 0 Å². The van der Waals surface area contributed by atoms with Crippen LogP contribution in [-0.2, 0) is 9.59 Å². The monoisotopic (exact) mass is 267 g/mol. The third kappa shape index (κ3) is 4.41. The molecule has 0 aliphatic heterocycles. The SMILES string of the molecule is CC(=O)Nc1ccc(SCC(C)(C)C(=O)O)cc1. The Morgan fingerprint density at radius 3 is 2.28 bits per heavy atom. The third-order valence-electron chi connectivity index (χ3n) is 2.35. The summed E-state index contributed by atoms with van der Waals surface area (Å²) in [5.74, 6) is -0.408. The summed E-state index contributed by atoms with van der Waals surface area (Å²) < 4.78 is 0. The average molecular weight is 267 g/mol. The Bertz CT molecular complexity index is 440. The van der Waals surface area contributed by atoms with Crippen molar-refractivity contribution in [2.75, 3.05) is 11.1 Å². The fraction of sp³-hybridized carbons (Fsp3) is 0.385. The molecule has 5 heteroatoms. The number of carbonyl (C=O) groups excluding carboxylic acids is 1. The zero-order valence-electron chi connectivity index (χ0n) is 10.7. The first-order valence-electron chi connectivity index (χ1n) is 5.55. The minimum absolute atomic E-state index is 0.109. The van der Waals surface area contributed by atoms with Gasteiger partial charge in [-0.05, 0) is 38.1 Å². The van der Waals surface area contributed by atoms with Gasteiger partial charge in [0.05, 0.1) is 5.41 Å². The van der Waals surface area contributed by atoms with Crippen molar-refractivity contribution in [1.29, 1.82) is 0 Å². The van der Waals surface area contributed by atoms with Crippen molar-refractivity contribution in [3.63, 3.8) is 0 Å². The first-order chi connectivity index (χ1) is 8.31. The first-order valence-corrected chi connectivity index (χ1v) is 6.54. The van der Waals surface area contributed by atoms with Crippen LogP contribution >= 0.6 is 11.8 Å². The number of thioether (sulfide) groups is 1. The Labute approximate surface area is 111 Å². The molecule has 0 radical (unpaired) electrons. The quantitative estimate of drug-likeness (QED) is 0.805. The summed E-state index contributed by atoms with van der Waals surface area (Å²) in [6.45, 7) is 4.86. The molecular weight excluding hydrogens is 250 g/mol. The number of anilines is 1. The summed E-state index contributed by atoms with van der Waals surface area (Å²) in [7, 11) is 0. The summed E-state index contributed by atoms with van der Waals surface area (Å²) >= 11 is 1.49. The molecule has 1 aromatic carbocycles. The highest BCUT2D eigenvalue weighted by atomic mass is 32.2. The molecule has 0 heterocycles. The van der Waals surface area contributed by atoms with Gasteiger partial charge in [0.1, 0.15) is 0 Å². The second-order valence-electron chi connectivity index (χ2n) is 4.68. The fourth-order valence-corrected chi connectivity index (χ4v) is 2.14. The van der Waals surface area contributed by atoms with Gasteiger partial charge in [0.15, 0.2) is 0 Å². The number of benzene rings is 1. The molecule has 0 aliphatic carbocycles. The molecule has 1 rings (SSSR count). The molecule has 0 saturated carbocycles. The lowest BCUT2D eigenvalue weighted by Crippen LogP contribution is -2.26. The van der Waals surface area contributed by atoms with Crippen LogP contribution in [0, 0.1) is 5.41 Å². The van der Waals surface area contributed by atoms with Crippen molar-refractivity contribution in [1.82, 2.24) is 0 Å². The summed E-state index contributed by atoms with van der Waals surface area (Å²) in [4.78, 5) is 22.8. The Balaban J connectivity index is 2.59. The predicted octanol–water partition coefficient (Wildman–Crippen LogP) is 2.85. The second-order valence-corrected chi connectivity index (χ2v) is 5.73. The maximum atomic E-state index is 11.0. The molecule has 1 amide bonds. The molecular formula is C13H17NO3S. The van der Waals surface area contributed by atoms with Crippen LogP contribution in [0.3, 0.4) is 0 Å². The summed E-state index contributed by atoms with van der Waals surface area (Å²) in [5.41, 5.74) is -0.00890. The lowest BCUT2D eigenvalue weighted by atomic mass is 9.97. The van der Waals surface area contributed by atoms with Gasteiger partial charge in [0, 0.05) is 23.3 Å². The smallest absolute Gasteiger partial charge is 0.309 e. The normalized spacial score (nSPS) is 11.1. The molecule has 0 fully saturated rings. The average Bonchev–Trinajstić information content (AvgIpc) is 2.27. The lowest BCUT2D eigenvalue weighted by Gasteiger charge is -2.18. The van der Waals surface area contributed by atoms with E-state index in [2.05, 4.69) is 5.32 Å². The van der Waals surface area contributed by atoms with Gasteiger partial charge in [-0.2, -0.15) is 0 Å². The topological polar surface area (TPSA) is 66.4 Å². The standard InChI is InChI=1S/C13H17NO3S/c1-9(15)14-10-4-6-11(7-5-10)18-8-13(2,3)12(16)17/h4-7H,8H2,1-3H3,(H,14,15)(H,16,17). The number of carboxylic acid groups (broad SMARTS) is 1. The van der Waals surface area contributed by atoms with E-state index >= 15 is 0 Å². The van der Waals surface area contributed by atoms with Crippen LogP contribution in [0.5, 0.6) is 0 Å². The van der Waals surface area contributed by atoms with E-state index in [1.165, 1.54) is 18.7 Å². The van der Waals surface area contributed by atoms with Crippen LogP contribution in [-0.4, -0.2) is 22.7 Å². The maximum absolute atomic E-state index is 11.0. The van der Waals surface area contributed by atoms with Crippen LogP contribution < -0.4 is 5.32 Å². The Kier molecular flexibility index (Phi) is 4.78. The molecule has 2 N–H and O–H groups in total. The van der Waals surface area contributed by atoms with E-state index in [4.69, 9.17) is 5.11 Å². The fourth-order valence-electron chi connectivity index (χ4n) is 1.16. The number of hydrogen-bond donors (Lipinski definition) is 2. The van der Waals surface area contributed by atoms with Crippen molar-refractivity contribution in [2.45, 2.75) is 25.7 Å². The number of rotatable bonds is 5. The van der Waals surface area contributed by atoms with E-state index < -0.39 is 11.4 Å². The van der Waals surface area contributed by atoms with Crippen LogP contribution in [0.25, 0.3) is 0 Å². The molecule has 1 aromatic rings. The van der Waals surface area contributed by atoms with Crippen molar-refractivity contribution < 1.29 is 14.7 Å². The minimum Gasteiger partial charge on any atom is -0.481 e. The molecule has 0 spiro atoms. The van der Waals surface area contributed by atoms with E-state index in [1.807, 2.05) is 12.1 Å². The van der Waals surface area contributed by atoms with E-state index in [-0.39, 0.29) is 5.91 Å². The first kappa shape index (κ1) is 14.6. The molecule has 18 heavy (non-hydrogen) atoms. The zero-order chi connectivity index (χ0) is 13.8. The van der Waals surface area contributed by atoms with Crippen molar-refractivity contribution in [2.24, 2.45) is 5.41 Å². The Hall–Kier alpha value is -1.49. The summed E-state index contributed by atoms with van der Waals surface area (Å²) in [5, 5.41) is 11.7. The van der Waals surface area contributed by atoms with Gasteiger partial charge in [-0.1, -0.05) is 0 Å². The number of aliphatic carboxylic acids is 1. The molecule has 0 aliphatic rings. The number of nitrogens with one attached hydrogen (secondary N) is 1. The minimum atomic E-state index is -0.801. The third-order valence-corrected chi connectivity index (χ3v) is 3.82. The number of carboxylic acids is 1. The van der Waals surface area contributed by atoms with Crippen LogP contribution in [0.15, 0.2) is 29.2 Å². The number of hydrogen-bond acceptors (Lipinski definition) is 3. The van der Waals surface area contributed by atoms with E-state index in [0.29, 0.717) is 5.75 Å².